The average Bonchev–Trinajstić information content (AvgIpc) is 1.98. The number of allylic oxidation sites excluding steroid dienone is 3. The van der Waals surface area contributed by atoms with E-state index in [1.807, 2.05) is 13.0 Å². The molecule has 0 aliphatic heterocycles. The largest absolute Gasteiger partial charge is 0.330 e. The van der Waals surface area contributed by atoms with E-state index in [1.54, 1.807) is 0 Å². The maximum absolute atomic E-state index is 5.40. The van der Waals surface area contributed by atoms with E-state index in [2.05, 4.69) is 18.7 Å². The van der Waals surface area contributed by atoms with E-state index in [1.165, 1.54) is 0 Å². The van der Waals surface area contributed by atoms with Crippen LogP contribution in [0.2, 0.25) is 0 Å². The summed E-state index contributed by atoms with van der Waals surface area (Å²) in [4.78, 5) is 0. The highest BCUT2D eigenvalue weighted by Crippen LogP contribution is 2.08. The minimum absolute atomic E-state index is 0.571. The molecule has 1 atom stereocenters. The van der Waals surface area contributed by atoms with Crippen LogP contribution >= 0.6 is 0 Å². The maximum atomic E-state index is 5.40. The molecule has 0 aromatic rings. The Bertz CT molecular complexity index is 105. The molecule has 1 unspecified atom stereocenters. The minimum Gasteiger partial charge on any atom is -0.330 e. The molecular weight excluding hydrogens is 122 g/mol. The molecule has 1 heteroatoms. The van der Waals surface area contributed by atoms with Crippen LogP contribution in [0.15, 0.2) is 24.8 Å². The van der Waals surface area contributed by atoms with Crippen LogP contribution in [0.5, 0.6) is 0 Å². The third kappa shape index (κ3) is 4.33. The Morgan fingerprint density at radius 2 is 2.30 bits per heavy atom. The first kappa shape index (κ1) is 9.44. The van der Waals surface area contributed by atoms with Crippen molar-refractivity contribution in [1.29, 1.82) is 0 Å². The number of hydrogen-bond donors (Lipinski definition) is 1. The van der Waals surface area contributed by atoms with Crippen LogP contribution in [0.4, 0.5) is 0 Å². The van der Waals surface area contributed by atoms with E-state index in [9.17, 15) is 0 Å². The van der Waals surface area contributed by atoms with Crippen LogP contribution in [0, 0.1) is 5.92 Å². The molecule has 0 fully saturated rings. The fourth-order valence-corrected chi connectivity index (χ4v) is 0.857. The van der Waals surface area contributed by atoms with E-state index in [4.69, 9.17) is 5.73 Å². The zero-order chi connectivity index (χ0) is 7.82. The fourth-order valence-electron chi connectivity index (χ4n) is 0.857. The smallest absolute Gasteiger partial charge is 0.00716 e. The Morgan fingerprint density at radius 3 is 2.70 bits per heavy atom. The van der Waals surface area contributed by atoms with Crippen LogP contribution in [-0.4, -0.2) is 6.54 Å². The lowest BCUT2D eigenvalue weighted by atomic mass is 10.0. The predicted octanol–water partition coefficient (Wildman–Crippen LogP) is 2.10. The number of hydrogen-bond acceptors (Lipinski definition) is 1. The van der Waals surface area contributed by atoms with Gasteiger partial charge in [-0.25, -0.2) is 0 Å². The van der Waals surface area contributed by atoms with Gasteiger partial charge in [0.25, 0.3) is 0 Å². The highest BCUT2D eigenvalue weighted by Gasteiger charge is 1.97. The molecule has 0 amide bonds. The van der Waals surface area contributed by atoms with Crippen molar-refractivity contribution in [3.63, 3.8) is 0 Å². The van der Waals surface area contributed by atoms with Crippen molar-refractivity contribution < 1.29 is 0 Å². The summed E-state index contributed by atoms with van der Waals surface area (Å²) in [6.07, 6.45) is 8.33. The Kier molecular flexibility index (Phi) is 6.19. The predicted molar refractivity (Wildman–Crippen MR) is 46.8 cm³/mol. The SMILES string of the molecule is C=CC(C/C=C\C)CCN. The van der Waals surface area contributed by atoms with E-state index < -0.39 is 0 Å². The third-order valence-corrected chi connectivity index (χ3v) is 1.55. The van der Waals surface area contributed by atoms with Crippen LogP contribution in [0.3, 0.4) is 0 Å². The van der Waals surface area contributed by atoms with Crippen LogP contribution in [0.1, 0.15) is 19.8 Å². The molecule has 10 heavy (non-hydrogen) atoms. The molecule has 0 saturated carbocycles. The minimum atomic E-state index is 0.571. The highest BCUT2D eigenvalue weighted by molar-refractivity contribution is 4.88. The quantitative estimate of drug-likeness (QED) is 0.580. The summed E-state index contributed by atoms with van der Waals surface area (Å²) in [6, 6.07) is 0. The molecular formula is C9H17N. The monoisotopic (exact) mass is 139 g/mol. The van der Waals surface area contributed by atoms with Gasteiger partial charge in [-0.1, -0.05) is 18.2 Å². The van der Waals surface area contributed by atoms with Crippen LogP contribution in [-0.2, 0) is 0 Å². The molecule has 0 rings (SSSR count). The van der Waals surface area contributed by atoms with Gasteiger partial charge in [0, 0.05) is 0 Å². The molecule has 0 bridgehead atoms. The van der Waals surface area contributed by atoms with Gasteiger partial charge in [-0.3, -0.25) is 0 Å². The van der Waals surface area contributed by atoms with Crippen LogP contribution in [0.25, 0.3) is 0 Å². The van der Waals surface area contributed by atoms with Crippen molar-refractivity contribution in [3.8, 4) is 0 Å². The van der Waals surface area contributed by atoms with Gasteiger partial charge in [-0.15, -0.1) is 6.58 Å². The number of nitrogens with two attached hydrogens (primary N) is 1. The van der Waals surface area contributed by atoms with E-state index in [0.29, 0.717) is 5.92 Å². The molecule has 0 aromatic carbocycles. The number of rotatable bonds is 5. The standard InChI is InChI=1S/C9H17N/c1-3-5-6-9(4-2)7-8-10/h3-5,9H,2,6-8,10H2,1H3/b5-3-. The third-order valence-electron chi connectivity index (χ3n) is 1.55. The second-order valence-corrected chi connectivity index (χ2v) is 2.38. The van der Waals surface area contributed by atoms with E-state index in [-0.39, 0.29) is 0 Å². The van der Waals surface area contributed by atoms with E-state index >= 15 is 0 Å². The summed E-state index contributed by atoms with van der Waals surface area (Å²) in [5, 5.41) is 0. The molecule has 0 aliphatic rings. The van der Waals surface area contributed by atoms with Gasteiger partial charge in [0.15, 0.2) is 0 Å². The Morgan fingerprint density at radius 1 is 1.60 bits per heavy atom. The van der Waals surface area contributed by atoms with Crippen molar-refractivity contribution in [2.75, 3.05) is 6.54 Å². The zero-order valence-electron chi connectivity index (χ0n) is 6.72. The molecule has 0 saturated heterocycles. The zero-order valence-corrected chi connectivity index (χ0v) is 6.72. The van der Waals surface area contributed by atoms with Crippen LogP contribution < -0.4 is 5.73 Å². The van der Waals surface area contributed by atoms with Gasteiger partial charge >= 0.3 is 0 Å². The Labute approximate surface area is 63.6 Å². The summed E-state index contributed by atoms with van der Waals surface area (Å²) in [6.45, 7) is 6.53. The Hall–Kier alpha value is -0.560. The molecule has 58 valence electrons. The first-order chi connectivity index (χ1) is 4.85. The second-order valence-electron chi connectivity index (χ2n) is 2.38. The van der Waals surface area contributed by atoms with Gasteiger partial charge in [0.1, 0.15) is 0 Å². The van der Waals surface area contributed by atoms with E-state index in [0.717, 1.165) is 19.4 Å². The molecule has 0 aromatic heterocycles. The Balaban J connectivity index is 3.49. The van der Waals surface area contributed by atoms with Crippen molar-refractivity contribution in [2.45, 2.75) is 19.8 Å². The van der Waals surface area contributed by atoms with Crippen molar-refractivity contribution in [3.05, 3.63) is 24.8 Å². The van der Waals surface area contributed by atoms with Gasteiger partial charge in [0.05, 0.1) is 0 Å². The first-order valence-corrected chi connectivity index (χ1v) is 3.79. The summed E-state index contributed by atoms with van der Waals surface area (Å²) < 4.78 is 0. The van der Waals surface area contributed by atoms with Crippen molar-refractivity contribution >= 4 is 0 Å². The highest BCUT2D eigenvalue weighted by atomic mass is 14.5. The second kappa shape index (κ2) is 6.56. The molecule has 0 aliphatic carbocycles. The van der Waals surface area contributed by atoms with Gasteiger partial charge < -0.3 is 5.73 Å². The topological polar surface area (TPSA) is 26.0 Å². The summed E-state index contributed by atoms with van der Waals surface area (Å²) >= 11 is 0. The lowest BCUT2D eigenvalue weighted by molar-refractivity contribution is 0.609. The van der Waals surface area contributed by atoms with Gasteiger partial charge in [0.2, 0.25) is 0 Å². The van der Waals surface area contributed by atoms with Crippen molar-refractivity contribution in [2.24, 2.45) is 11.7 Å². The molecule has 1 nitrogen and oxygen atoms in total. The summed E-state index contributed by atoms with van der Waals surface area (Å²) in [5.41, 5.74) is 5.40. The normalized spacial score (nSPS) is 13.8. The summed E-state index contributed by atoms with van der Waals surface area (Å²) in [5.74, 6) is 0.571. The summed E-state index contributed by atoms with van der Waals surface area (Å²) in [7, 11) is 0. The average molecular weight is 139 g/mol. The maximum Gasteiger partial charge on any atom is -0.00716 e. The first-order valence-electron chi connectivity index (χ1n) is 3.79. The fraction of sp³-hybridized carbons (Fsp3) is 0.556. The molecule has 0 spiro atoms. The van der Waals surface area contributed by atoms with Gasteiger partial charge in [-0.05, 0) is 32.2 Å². The lowest BCUT2D eigenvalue weighted by Gasteiger charge is -2.06. The van der Waals surface area contributed by atoms with Crippen molar-refractivity contribution in [1.82, 2.24) is 0 Å². The lowest BCUT2D eigenvalue weighted by Crippen LogP contribution is -2.05. The van der Waals surface area contributed by atoms with Gasteiger partial charge in [-0.2, -0.15) is 0 Å². The molecule has 0 heterocycles. The molecule has 0 radical (unpaired) electrons. The molecule has 2 N–H and O–H groups in total.